The lowest BCUT2D eigenvalue weighted by atomic mass is 10.2. The van der Waals surface area contributed by atoms with Crippen LogP contribution in [-0.4, -0.2) is 50.3 Å². The molecule has 1 aliphatic rings. The molecular weight excluding hydrogens is 248 g/mol. The van der Waals surface area contributed by atoms with Gasteiger partial charge in [0.05, 0.1) is 4.90 Å². The Labute approximate surface area is 109 Å². The van der Waals surface area contributed by atoms with Crippen LogP contribution in [0.4, 0.5) is 0 Å². The van der Waals surface area contributed by atoms with Gasteiger partial charge in [-0.25, -0.2) is 8.42 Å². The Morgan fingerprint density at radius 1 is 1.28 bits per heavy atom. The van der Waals surface area contributed by atoms with Gasteiger partial charge >= 0.3 is 0 Å². The summed E-state index contributed by atoms with van der Waals surface area (Å²) in [5.41, 5.74) is 0.970. The van der Waals surface area contributed by atoms with Crippen LogP contribution in [0.5, 0.6) is 0 Å². The maximum absolute atomic E-state index is 12.6. The molecule has 1 aromatic rings. The van der Waals surface area contributed by atoms with Gasteiger partial charge in [-0.2, -0.15) is 4.31 Å². The van der Waals surface area contributed by atoms with Crippen LogP contribution < -0.4 is 0 Å². The highest BCUT2D eigenvalue weighted by Gasteiger charge is 2.32. The van der Waals surface area contributed by atoms with Crippen molar-refractivity contribution < 1.29 is 8.42 Å². The number of rotatable bonds is 2. The standard InChI is InChI=1S/C13H20N2O2S/c1-11-5-4-6-13(9-11)18(16,17)15-8-7-14(3)10-12(15)2/h4-6,9,12H,7-8,10H2,1-3H3. The molecule has 0 aliphatic carbocycles. The zero-order valence-electron chi connectivity index (χ0n) is 11.1. The van der Waals surface area contributed by atoms with Crippen LogP contribution in [0.15, 0.2) is 29.2 Å². The van der Waals surface area contributed by atoms with Gasteiger partial charge < -0.3 is 4.90 Å². The van der Waals surface area contributed by atoms with Crippen molar-refractivity contribution in [3.05, 3.63) is 29.8 Å². The summed E-state index contributed by atoms with van der Waals surface area (Å²) in [4.78, 5) is 2.56. The number of hydrogen-bond acceptors (Lipinski definition) is 3. The normalized spacial score (nSPS) is 23.2. The maximum atomic E-state index is 12.6. The minimum atomic E-state index is -3.35. The van der Waals surface area contributed by atoms with Crippen LogP contribution in [-0.2, 0) is 10.0 Å². The fourth-order valence-corrected chi connectivity index (χ4v) is 4.11. The molecule has 0 bridgehead atoms. The lowest BCUT2D eigenvalue weighted by Gasteiger charge is -2.37. The second-order valence-corrected chi connectivity index (χ2v) is 6.93. The van der Waals surface area contributed by atoms with Crippen molar-refractivity contribution in [3.63, 3.8) is 0 Å². The zero-order chi connectivity index (χ0) is 13.3. The molecule has 1 unspecified atom stereocenters. The second-order valence-electron chi connectivity index (χ2n) is 5.04. The maximum Gasteiger partial charge on any atom is 0.243 e. The van der Waals surface area contributed by atoms with E-state index in [1.54, 1.807) is 22.5 Å². The van der Waals surface area contributed by atoms with Crippen molar-refractivity contribution in [2.45, 2.75) is 24.8 Å². The first-order chi connectivity index (χ1) is 8.41. The van der Waals surface area contributed by atoms with Gasteiger partial charge in [-0.3, -0.25) is 0 Å². The van der Waals surface area contributed by atoms with E-state index in [-0.39, 0.29) is 6.04 Å². The summed E-state index contributed by atoms with van der Waals surface area (Å²) in [6, 6.07) is 7.14. The fraction of sp³-hybridized carbons (Fsp3) is 0.538. The third-order valence-corrected chi connectivity index (χ3v) is 5.38. The molecule has 1 aromatic carbocycles. The van der Waals surface area contributed by atoms with Gasteiger partial charge in [-0.1, -0.05) is 12.1 Å². The van der Waals surface area contributed by atoms with Gasteiger partial charge in [0, 0.05) is 25.7 Å². The predicted molar refractivity (Wildman–Crippen MR) is 72.0 cm³/mol. The average Bonchev–Trinajstić information content (AvgIpc) is 2.28. The summed E-state index contributed by atoms with van der Waals surface area (Å²) >= 11 is 0. The van der Waals surface area contributed by atoms with E-state index in [0.717, 1.165) is 18.7 Å². The molecule has 0 amide bonds. The van der Waals surface area contributed by atoms with E-state index in [9.17, 15) is 8.42 Å². The summed E-state index contributed by atoms with van der Waals surface area (Å²) in [5, 5.41) is 0. The van der Waals surface area contributed by atoms with Gasteiger partial charge in [0.2, 0.25) is 10.0 Å². The van der Waals surface area contributed by atoms with Crippen LogP contribution in [0.25, 0.3) is 0 Å². The fourth-order valence-electron chi connectivity index (χ4n) is 2.39. The SMILES string of the molecule is Cc1cccc(S(=O)(=O)N2CCN(C)CC2C)c1. The first-order valence-corrected chi connectivity index (χ1v) is 7.62. The molecule has 1 fully saturated rings. The summed E-state index contributed by atoms with van der Waals surface area (Å²) in [6.07, 6.45) is 0. The van der Waals surface area contributed by atoms with E-state index >= 15 is 0 Å². The number of piperazine rings is 1. The predicted octanol–water partition coefficient (Wildman–Crippen LogP) is 1.32. The molecule has 100 valence electrons. The van der Waals surface area contributed by atoms with E-state index in [1.807, 2.05) is 27.0 Å². The molecule has 1 aliphatic heterocycles. The zero-order valence-corrected chi connectivity index (χ0v) is 11.9. The molecule has 4 nitrogen and oxygen atoms in total. The molecule has 0 saturated carbocycles. The van der Waals surface area contributed by atoms with Gasteiger partial charge in [-0.15, -0.1) is 0 Å². The van der Waals surface area contributed by atoms with Crippen molar-refractivity contribution in [3.8, 4) is 0 Å². The van der Waals surface area contributed by atoms with Crippen molar-refractivity contribution in [1.82, 2.24) is 9.21 Å². The first-order valence-electron chi connectivity index (χ1n) is 6.18. The van der Waals surface area contributed by atoms with E-state index in [4.69, 9.17) is 0 Å². The molecule has 0 aromatic heterocycles. The number of aryl methyl sites for hydroxylation is 1. The lowest BCUT2D eigenvalue weighted by Crippen LogP contribution is -2.52. The van der Waals surface area contributed by atoms with E-state index in [0.29, 0.717) is 11.4 Å². The van der Waals surface area contributed by atoms with Gasteiger partial charge in [-0.05, 0) is 38.6 Å². The van der Waals surface area contributed by atoms with Crippen LogP contribution in [0.3, 0.4) is 0 Å². The third kappa shape index (κ3) is 2.58. The Morgan fingerprint density at radius 2 is 2.00 bits per heavy atom. The Morgan fingerprint density at radius 3 is 2.61 bits per heavy atom. The highest BCUT2D eigenvalue weighted by Crippen LogP contribution is 2.21. The minimum Gasteiger partial charge on any atom is -0.303 e. The van der Waals surface area contributed by atoms with Crippen molar-refractivity contribution >= 4 is 10.0 Å². The number of likely N-dealkylation sites (N-methyl/N-ethyl adjacent to an activating group) is 1. The molecule has 0 N–H and O–H groups in total. The quantitative estimate of drug-likeness (QED) is 0.812. The van der Waals surface area contributed by atoms with Gasteiger partial charge in [0.1, 0.15) is 0 Å². The Hall–Kier alpha value is -0.910. The minimum absolute atomic E-state index is 0.0225. The van der Waals surface area contributed by atoms with Gasteiger partial charge in [0.25, 0.3) is 0 Å². The highest BCUT2D eigenvalue weighted by molar-refractivity contribution is 7.89. The van der Waals surface area contributed by atoms with Crippen LogP contribution >= 0.6 is 0 Å². The van der Waals surface area contributed by atoms with Gasteiger partial charge in [0.15, 0.2) is 0 Å². The van der Waals surface area contributed by atoms with Crippen molar-refractivity contribution in [2.24, 2.45) is 0 Å². The van der Waals surface area contributed by atoms with E-state index in [2.05, 4.69) is 4.90 Å². The topological polar surface area (TPSA) is 40.6 Å². The molecule has 0 radical (unpaired) electrons. The molecule has 1 atom stereocenters. The Kier molecular flexibility index (Phi) is 3.75. The van der Waals surface area contributed by atoms with E-state index < -0.39 is 10.0 Å². The number of benzene rings is 1. The molecule has 18 heavy (non-hydrogen) atoms. The summed E-state index contributed by atoms with van der Waals surface area (Å²) < 4.78 is 26.7. The number of nitrogens with zero attached hydrogens (tertiary/aromatic N) is 2. The molecule has 5 heteroatoms. The van der Waals surface area contributed by atoms with Crippen molar-refractivity contribution in [2.75, 3.05) is 26.7 Å². The summed E-state index contributed by atoms with van der Waals surface area (Å²) in [6.45, 7) is 6.00. The number of hydrogen-bond donors (Lipinski definition) is 0. The lowest BCUT2D eigenvalue weighted by molar-refractivity contribution is 0.170. The smallest absolute Gasteiger partial charge is 0.243 e. The van der Waals surface area contributed by atoms with E-state index in [1.165, 1.54) is 0 Å². The average molecular weight is 268 g/mol. The van der Waals surface area contributed by atoms with Crippen molar-refractivity contribution in [1.29, 1.82) is 0 Å². The van der Waals surface area contributed by atoms with Crippen LogP contribution in [0, 0.1) is 6.92 Å². The number of sulfonamides is 1. The Bertz CT molecular complexity index is 528. The molecular formula is C13H20N2O2S. The molecule has 1 heterocycles. The molecule has 2 rings (SSSR count). The Balaban J connectivity index is 2.31. The monoisotopic (exact) mass is 268 g/mol. The van der Waals surface area contributed by atoms with Crippen LogP contribution in [0.2, 0.25) is 0 Å². The summed E-state index contributed by atoms with van der Waals surface area (Å²) in [5.74, 6) is 0. The van der Waals surface area contributed by atoms with Crippen LogP contribution in [0.1, 0.15) is 12.5 Å². The molecule has 0 spiro atoms. The highest BCUT2D eigenvalue weighted by atomic mass is 32.2. The summed E-state index contributed by atoms with van der Waals surface area (Å²) in [7, 11) is -1.33. The first kappa shape index (κ1) is 13.5. The molecule has 1 saturated heterocycles. The largest absolute Gasteiger partial charge is 0.303 e. The second kappa shape index (κ2) is 4.99. The third-order valence-electron chi connectivity index (χ3n) is 3.37.